The van der Waals surface area contributed by atoms with Gasteiger partial charge in [0, 0.05) is 18.6 Å². The van der Waals surface area contributed by atoms with Crippen LogP contribution in [0, 0.1) is 29.8 Å². The molecule has 0 aromatic heterocycles. The molecule has 0 heterocycles. The van der Waals surface area contributed by atoms with E-state index in [-0.39, 0.29) is 12.5 Å². The van der Waals surface area contributed by atoms with Crippen LogP contribution < -0.4 is 10.6 Å². The zero-order valence-electron chi connectivity index (χ0n) is 9.91. The highest BCUT2D eigenvalue weighted by atomic mass is 19.2. The number of aliphatic carboxylic acids is 1. The highest BCUT2D eigenvalue weighted by Gasteiger charge is 2.20. The molecular formula is C12H9F3N2O3. The first-order valence-corrected chi connectivity index (χ1v) is 5.23. The van der Waals surface area contributed by atoms with Crippen molar-refractivity contribution in [1.29, 1.82) is 0 Å². The Kier molecular flexibility index (Phi) is 4.97. The Morgan fingerprint density at radius 2 is 1.85 bits per heavy atom. The minimum Gasteiger partial charge on any atom is -0.480 e. The highest BCUT2D eigenvalue weighted by molar-refractivity contribution is 5.92. The van der Waals surface area contributed by atoms with Gasteiger partial charge in [-0.1, -0.05) is 0 Å². The fraction of sp³-hybridized carbons (Fsp3) is 0.167. The molecule has 1 aromatic rings. The molecular weight excluding hydrogens is 277 g/mol. The number of hydrogen-bond donors (Lipinski definition) is 3. The van der Waals surface area contributed by atoms with Gasteiger partial charge in [-0.05, 0) is 0 Å². The molecule has 0 fully saturated rings. The van der Waals surface area contributed by atoms with Crippen molar-refractivity contribution in [2.45, 2.75) is 12.5 Å². The van der Waals surface area contributed by atoms with Gasteiger partial charge in [0.05, 0.1) is 5.69 Å². The number of benzene rings is 1. The van der Waals surface area contributed by atoms with Gasteiger partial charge in [0.25, 0.3) is 0 Å². The summed E-state index contributed by atoms with van der Waals surface area (Å²) >= 11 is 0. The normalized spacial score (nSPS) is 11.3. The van der Waals surface area contributed by atoms with Crippen LogP contribution in [-0.4, -0.2) is 23.1 Å². The minimum atomic E-state index is -1.41. The Bertz CT molecular complexity index is 584. The number of rotatable bonds is 4. The molecule has 0 radical (unpaired) electrons. The zero-order chi connectivity index (χ0) is 15.3. The molecule has 2 amide bonds. The van der Waals surface area contributed by atoms with E-state index in [1.165, 1.54) is 0 Å². The van der Waals surface area contributed by atoms with Gasteiger partial charge in [0.15, 0.2) is 11.6 Å². The van der Waals surface area contributed by atoms with Crippen molar-refractivity contribution >= 4 is 17.7 Å². The van der Waals surface area contributed by atoms with Crippen molar-refractivity contribution < 1.29 is 27.9 Å². The molecule has 0 aliphatic carbocycles. The van der Waals surface area contributed by atoms with Gasteiger partial charge in [0.2, 0.25) is 0 Å². The molecule has 3 N–H and O–H groups in total. The molecule has 1 unspecified atom stereocenters. The largest absolute Gasteiger partial charge is 0.480 e. The summed E-state index contributed by atoms with van der Waals surface area (Å²) in [6.45, 7) is 0. The van der Waals surface area contributed by atoms with Crippen LogP contribution in [-0.2, 0) is 4.79 Å². The molecule has 1 aromatic carbocycles. The Balaban J connectivity index is 2.79. The van der Waals surface area contributed by atoms with E-state index in [1.54, 1.807) is 0 Å². The number of terminal acetylenes is 1. The van der Waals surface area contributed by atoms with Crippen LogP contribution in [0.1, 0.15) is 6.42 Å². The Morgan fingerprint density at radius 1 is 1.25 bits per heavy atom. The van der Waals surface area contributed by atoms with E-state index in [9.17, 15) is 22.8 Å². The average Bonchev–Trinajstić information content (AvgIpc) is 2.35. The third-order valence-corrected chi connectivity index (χ3v) is 2.18. The number of carbonyl (C=O) groups is 2. The third-order valence-electron chi connectivity index (χ3n) is 2.18. The Hall–Kier alpha value is -2.69. The predicted molar refractivity (Wildman–Crippen MR) is 63.3 cm³/mol. The standard InChI is InChI=1S/C12H9F3N2O3/c1-2-3-9(11(18)19)16-12(20)17-10-5-7(14)6(13)4-8(10)15/h1,4-5,9H,3H2,(H,18,19)(H2,16,17,20). The van der Waals surface area contributed by atoms with Gasteiger partial charge in [-0.3, -0.25) is 0 Å². The first-order valence-electron chi connectivity index (χ1n) is 5.23. The summed E-state index contributed by atoms with van der Waals surface area (Å²) in [6.07, 6.45) is 4.63. The van der Waals surface area contributed by atoms with E-state index in [4.69, 9.17) is 11.5 Å². The second kappa shape index (κ2) is 6.47. The van der Waals surface area contributed by atoms with Crippen molar-refractivity contribution in [2.75, 3.05) is 5.32 Å². The van der Waals surface area contributed by atoms with Crippen LogP contribution in [0.5, 0.6) is 0 Å². The van der Waals surface area contributed by atoms with E-state index in [1.807, 2.05) is 16.6 Å². The van der Waals surface area contributed by atoms with E-state index in [2.05, 4.69) is 0 Å². The molecule has 0 saturated heterocycles. The summed E-state index contributed by atoms with van der Waals surface area (Å²) in [5, 5.41) is 12.5. The maximum atomic E-state index is 13.2. The Morgan fingerprint density at radius 3 is 2.40 bits per heavy atom. The summed E-state index contributed by atoms with van der Waals surface area (Å²) in [5.74, 6) is -3.33. The van der Waals surface area contributed by atoms with Crippen molar-refractivity contribution in [2.24, 2.45) is 0 Å². The number of urea groups is 1. The zero-order valence-corrected chi connectivity index (χ0v) is 9.91. The monoisotopic (exact) mass is 286 g/mol. The first kappa shape index (κ1) is 15.4. The molecule has 1 rings (SSSR count). The molecule has 106 valence electrons. The number of carbonyl (C=O) groups excluding carboxylic acids is 1. The van der Waals surface area contributed by atoms with Gasteiger partial charge in [0.1, 0.15) is 11.9 Å². The number of halogens is 3. The lowest BCUT2D eigenvalue weighted by molar-refractivity contribution is -0.139. The molecule has 0 bridgehead atoms. The van der Waals surface area contributed by atoms with Crippen LogP contribution in [0.15, 0.2) is 12.1 Å². The topological polar surface area (TPSA) is 78.4 Å². The summed E-state index contributed by atoms with van der Waals surface area (Å²) in [4.78, 5) is 22.1. The summed E-state index contributed by atoms with van der Waals surface area (Å²) in [7, 11) is 0. The lowest BCUT2D eigenvalue weighted by atomic mass is 10.2. The second-order valence-electron chi connectivity index (χ2n) is 3.64. The van der Waals surface area contributed by atoms with Gasteiger partial charge in [-0.15, -0.1) is 12.3 Å². The van der Waals surface area contributed by atoms with Crippen molar-refractivity contribution in [3.8, 4) is 12.3 Å². The maximum Gasteiger partial charge on any atom is 0.327 e. The lowest BCUT2D eigenvalue weighted by Gasteiger charge is -2.13. The summed E-state index contributed by atoms with van der Waals surface area (Å²) in [5.41, 5.74) is -0.633. The van der Waals surface area contributed by atoms with Crippen molar-refractivity contribution in [3.05, 3.63) is 29.6 Å². The molecule has 0 spiro atoms. The number of nitrogens with one attached hydrogen (secondary N) is 2. The highest BCUT2D eigenvalue weighted by Crippen LogP contribution is 2.18. The first-order chi connectivity index (χ1) is 9.35. The third kappa shape index (κ3) is 3.91. The van der Waals surface area contributed by atoms with E-state index in [0.29, 0.717) is 6.07 Å². The molecule has 20 heavy (non-hydrogen) atoms. The van der Waals surface area contributed by atoms with Crippen molar-refractivity contribution in [1.82, 2.24) is 5.32 Å². The number of anilines is 1. The maximum absolute atomic E-state index is 13.2. The van der Waals surface area contributed by atoms with Crippen LogP contribution in [0.3, 0.4) is 0 Å². The van der Waals surface area contributed by atoms with Gasteiger partial charge >= 0.3 is 12.0 Å². The number of carboxylic acids is 1. The van der Waals surface area contributed by atoms with Gasteiger partial charge < -0.3 is 15.7 Å². The molecule has 8 heteroatoms. The minimum absolute atomic E-state index is 0.251. The molecule has 1 atom stereocenters. The quantitative estimate of drug-likeness (QED) is 0.582. The predicted octanol–water partition coefficient (Wildman–Crippen LogP) is 1.70. The van der Waals surface area contributed by atoms with Crippen LogP contribution >= 0.6 is 0 Å². The van der Waals surface area contributed by atoms with Crippen LogP contribution in [0.4, 0.5) is 23.7 Å². The molecule has 0 saturated carbocycles. The Labute approximate surface area is 111 Å². The van der Waals surface area contributed by atoms with Crippen molar-refractivity contribution in [3.63, 3.8) is 0 Å². The summed E-state index contributed by atoms with van der Waals surface area (Å²) < 4.78 is 38.8. The number of amides is 2. The SMILES string of the molecule is C#CCC(NC(=O)Nc1cc(F)c(F)cc1F)C(=O)O. The fourth-order valence-electron chi connectivity index (χ4n) is 1.25. The number of carboxylic acid groups (broad SMARTS) is 1. The molecule has 0 aliphatic heterocycles. The van der Waals surface area contributed by atoms with Crippen LogP contribution in [0.25, 0.3) is 0 Å². The van der Waals surface area contributed by atoms with E-state index in [0.717, 1.165) is 0 Å². The van der Waals surface area contributed by atoms with E-state index < -0.39 is 41.2 Å². The van der Waals surface area contributed by atoms with Gasteiger partial charge in [-0.25, -0.2) is 22.8 Å². The summed E-state index contributed by atoms with van der Waals surface area (Å²) in [6, 6.07) is -1.81. The van der Waals surface area contributed by atoms with Crippen LogP contribution in [0.2, 0.25) is 0 Å². The average molecular weight is 286 g/mol. The lowest BCUT2D eigenvalue weighted by Crippen LogP contribution is -2.42. The molecule has 5 nitrogen and oxygen atoms in total. The number of hydrogen-bond acceptors (Lipinski definition) is 2. The smallest absolute Gasteiger partial charge is 0.327 e. The second-order valence-corrected chi connectivity index (χ2v) is 3.64. The van der Waals surface area contributed by atoms with E-state index >= 15 is 0 Å². The molecule has 0 aliphatic rings. The fourth-order valence-corrected chi connectivity index (χ4v) is 1.25. The van der Waals surface area contributed by atoms with Gasteiger partial charge in [-0.2, -0.15) is 0 Å².